The van der Waals surface area contributed by atoms with Gasteiger partial charge in [-0.25, -0.2) is 4.98 Å². The van der Waals surface area contributed by atoms with E-state index >= 15 is 0 Å². The van der Waals surface area contributed by atoms with E-state index in [0.717, 1.165) is 5.56 Å². The molecular weight excluding hydrogens is 208 g/mol. The van der Waals surface area contributed by atoms with E-state index in [2.05, 4.69) is 4.98 Å². The second-order valence-electron chi connectivity index (χ2n) is 3.09. The fourth-order valence-corrected chi connectivity index (χ4v) is 1.19. The Morgan fingerprint density at radius 3 is 2.56 bits per heavy atom. The van der Waals surface area contributed by atoms with Gasteiger partial charge in [-0.05, 0) is 23.8 Å². The number of oxazole rings is 1. The van der Waals surface area contributed by atoms with E-state index < -0.39 is 4.92 Å². The normalized spacial score (nSPS) is 10.8. The van der Waals surface area contributed by atoms with Crippen molar-refractivity contribution >= 4 is 17.8 Å². The first-order valence-electron chi connectivity index (χ1n) is 4.57. The monoisotopic (exact) mass is 216 g/mol. The zero-order chi connectivity index (χ0) is 11.4. The molecule has 1 aromatic heterocycles. The molecule has 16 heavy (non-hydrogen) atoms. The molecule has 80 valence electrons. The Hall–Kier alpha value is -2.43. The Labute approximate surface area is 91.2 Å². The van der Waals surface area contributed by atoms with Crippen LogP contribution in [0, 0.1) is 10.1 Å². The molecule has 0 N–H and O–H groups in total. The molecule has 0 aliphatic rings. The minimum atomic E-state index is -0.427. The first-order chi connectivity index (χ1) is 7.75. The lowest BCUT2D eigenvalue weighted by molar-refractivity contribution is -0.384. The van der Waals surface area contributed by atoms with Gasteiger partial charge in [-0.1, -0.05) is 6.08 Å². The SMILES string of the molecule is O=[N+]([O-])c1ccc(/C=C/c2cnco2)cc1. The summed E-state index contributed by atoms with van der Waals surface area (Å²) in [6.45, 7) is 0. The molecule has 0 unspecified atom stereocenters. The van der Waals surface area contributed by atoms with Gasteiger partial charge in [0, 0.05) is 12.1 Å². The quantitative estimate of drug-likeness (QED) is 0.584. The van der Waals surface area contributed by atoms with Gasteiger partial charge in [-0.2, -0.15) is 0 Å². The van der Waals surface area contributed by atoms with Crippen molar-refractivity contribution in [2.24, 2.45) is 0 Å². The maximum absolute atomic E-state index is 10.4. The molecule has 0 fully saturated rings. The largest absolute Gasteiger partial charge is 0.444 e. The molecule has 0 aliphatic heterocycles. The molecule has 0 aliphatic carbocycles. The van der Waals surface area contributed by atoms with Gasteiger partial charge in [0.2, 0.25) is 0 Å². The van der Waals surface area contributed by atoms with E-state index in [9.17, 15) is 10.1 Å². The summed E-state index contributed by atoms with van der Waals surface area (Å²) in [5, 5.41) is 10.4. The molecule has 2 rings (SSSR count). The average molecular weight is 216 g/mol. The van der Waals surface area contributed by atoms with Crippen LogP contribution in [0.2, 0.25) is 0 Å². The van der Waals surface area contributed by atoms with Gasteiger partial charge in [-0.3, -0.25) is 10.1 Å². The van der Waals surface area contributed by atoms with Crippen LogP contribution in [0.15, 0.2) is 41.3 Å². The Kier molecular flexibility index (Phi) is 2.77. The van der Waals surface area contributed by atoms with Crippen LogP contribution in [0.4, 0.5) is 5.69 Å². The van der Waals surface area contributed by atoms with Gasteiger partial charge in [-0.15, -0.1) is 0 Å². The van der Waals surface area contributed by atoms with Crippen molar-refractivity contribution < 1.29 is 9.34 Å². The lowest BCUT2D eigenvalue weighted by Crippen LogP contribution is -1.86. The van der Waals surface area contributed by atoms with Gasteiger partial charge in [0.15, 0.2) is 6.39 Å². The van der Waals surface area contributed by atoms with Crippen molar-refractivity contribution in [3.05, 3.63) is 58.3 Å². The van der Waals surface area contributed by atoms with E-state index in [-0.39, 0.29) is 5.69 Å². The molecule has 0 spiro atoms. The van der Waals surface area contributed by atoms with Crippen LogP contribution in [0.25, 0.3) is 12.2 Å². The van der Waals surface area contributed by atoms with Crippen LogP contribution in [-0.4, -0.2) is 9.91 Å². The Balaban J connectivity index is 2.14. The number of nitrogens with zero attached hydrogens (tertiary/aromatic N) is 2. The van der Waals surface area contributed by atoms with Gasteiger partial charge in [0.1, 0.15) is 5.76 Å². The zero-order valence-electron chi connectivity index (χ0n) is 8.24. The molecule has 5 heteroatoms. The molecule has 1 aromatic carbocycles. The van der Waals surface area contributed by atoms with E-state index in [1.54, 1.807) is 30.5 Å². The fraction of sp³-hybridized carbons (Fsp3) is 0. The van der Waals surface area contributed by atoms with E-state index in [1.807, 2.05) is 0 Å². The number of aromatic nitrogens is 1. The molecule has 0 amide bonds. The zero-order valence-corrected chi connectivity index (χ0v) is 8.24. The van der Waals surface area contributed by atoms with Gasteiger partial charge in [0.25, 0.3) is 5.69 Å². The number of hydrogen-bond acceptors (Lipinski definition) is 4. The van der Waals surface area contributed by atoms with Gasteiger partial charge < -0.3 is 4.42 Å². The topological polar surface area (TPSA) is 69.2 Å². The maximum atomic E-state index is 10.4. The Morgan fingerprint density at radius 2 is 2.00 bits per heavy atom. The Bertz CT molecular complexity index is 501. The van der Waals surface area contributed by atoms with Crippen molar-refractivity contribution in [3.8, 4) is 0 Å². The molecule has 0 radical (unpaired) electrons. The lowest BCUT2D eigenvalue weighted by atomic mass is 10.2. The highest BCUT2D eigenvalue weighted by molar-refractivity contribution is 5.67. The van der Waals surface area contributed by atoms with Gasteiger partial charge in [0.05, 0.1) is 11.1 Å². The smallest absolute Gasteiger partial charge is 0.269 e. The minimum absolute atomic E-state index is 0.0804. The first kappa shape index (κ1) is 10.1. The molecule has 0 saturated heterocycles. The van der Waals surface area contributed by atoms with E-state index in [4.69, 9.17) is 4.42 Å². The predicted octanol–water partition coefficient (Wildman–Crippen LogP) is 2.75. The molecule has 0 bridgehead atoms. The van der Waals surface area contributed by atoms with Crippen LogP contribution in [0.5, 0.6) is 0 Å². The number of nitro benzene ring substituents is 1. The van der Waals surface area contributed by atoms with E-state index in [0.29, 0.717) is 5.76 Å². The second kappa shape index (κ2) is 4.39. The number of rotatable bonds is 3. The second-order valence-corrected chi connectivity index (χ2v) is 3.09. The summed E-state index contributed by atoms with van der Waals surface area (Å²) in [6.07, 6.45) is 6.47. The van der Waals surface area contributed by atoms with Crippen molar-refractivity contribution in [1.82, 2.24) is 4.98 Å². The molecule has 1 heterocycles. The number of hydrogen-bond donors (Lipinski definition) is 0. The average Bonchev–Trinajstić information content (AvgIpc) is 2.80. The van der Waals surface area contributed by atoms with Crippen LogP contribution in [-0.2, 0) is 0 Å². The van der Waals surface area contributed by atoms with Crippen molar-refractivity contribution in [1.29, 1.82) is 0 Å². The van der Waals surface area contributed by atoms with Crippen molar-refractivity contribution in [3.63, 3.8) is 0 Å². The minimum Gasteiger partial charge on any atom is -0.444 e. The summed E-state index contributed by atoms with van der Waals surface area (Å²) in [5.74, 6) is 0.637. The molecule has 2 aromatic rings. The number of non-ortho nitro benzene ring substituents is 1. The molecule has 5 nitrogen and oxygen atoms in total. The highest BCUT2D eigenvalue weighted by Crippen LogP contribution is 2.14. The highest BCUT2D eigenvalue weighted by Gasteiger charge is 2.02. The fourth-order valence-electron chi connectivity index (χ4n) is 1.19. The third-order valence-electron chi connectivity index (χ3n) is 2.00. The summed E-state index contributed by atoms with van der Waals surface area (Å²) in [7, 11) is 0. The molecule has 0 atom stereocenters. The van der Waals surface area contributed by atoms with Crippen LogP contribution >= 0.6 is 0 Å². The summed E-state index contributed by atoms with van der Waals surface area (Å²) < 4.78 is 5.01. The standard InChI is InChI=1S/C11H8N2O3/c14-13(15)10-4-1-9(2-5-10)3-6-11-7-12-8-16-11/h1-8H/b6-3+. The molecule has 0 saturated carbocycles. The third kappa shape index (κ3) is 2.33. The third-order valence-corrected chi connectivity index (χ3v) is 2.00. The van der Waals surface area contributed by atoms with E-state index in [1.165, 1.54) is 18.5 Å². The molecular formula is C11H8N2O3. The van der Waals surface area contributed by atoms with Crippen LogP contribution < -0.4 is 0 Å². The van der Waals surface area contributed by atoms with Crippen molar-refractivity contribution in [2.75, 3.05) is 0 Å². The summed E-state index contributed by atoms with van der Waals surface area (Å²) in [4.78, 5) is 13.8. The maximum Gasteiger partial charge on any atom is 0.269 e. The summed E-state index contributed by atoms with van der Waals surface area (Å²) >= 11 is 0. The summed E-state index contributed by atoms with van der Waals surface area (Å²) in [5.41, 5.74) is 0.943. The Morgan fingerprint density at radius 1 is 1.25 bits per heavy atom. The predicted molar refractivity (Wildman–Crippen MR) is 58.5 cm³/mol. The van der Waals surface area contributed by atoms with Gasteiger partial charge >= 0.3 is 0 Å². The van der Waals surface area contributed by atoms with Crippen molar-refractivity contribution in [2.45, 2.75) is 0 Å². The first-order valence-corrected chi connectivity index (χ1v) is 4.57. The summed E-state index contributed by atoms with van der Waals surface area (Å²) in [6, 6.07) is 6.26. The lowest BCUT2D eigenvalue weighted by Gasteiger charge is -1.92. The number of benzene rings is 1. The highest BCUT2D eigenvalue weighted by atomic mass is 16.6. The van der Waals surface area contributed by atoms with Crippen LogP contribution in [0.1, 0.15) is 11.3 Å². The number of nitro groups is 1. The van der Waals surface area contributed by atoms with Crippen LogP contribution in [0.3, 0.4) is 0 Å².